The Balaban J connectivity index is 2.12. The minimum absolute atomic E-state index is 0.0422. The van der Waals surface area contributed by atoms with Gasteiger partial charge >= 0.3 is 0 Å². The number of hydrogen-bond acceptors (Lipinski definition) is 6. The Labute approximate surface area is 241 Å². The molecule has 0 fully saturated rings. The molecule has 0 bridgehead atoms. The van der Waals surface area contributed by atoms with Crippen LogP contribution in [-0.4, -0.2) is 48.2 Å². The summed E-state index contributed by atoms with van der Waals surface area (Å²) in [6, 6.07) is 19.2. The Bertz CT molecular complexity index is 1500. The van der Waals surface area contributed by atoms with E-state index in [4.69, 9.17) is 0 Å². The zero-order valence-electron chi connectivity index (χ0n) is 23.9. The molecule has 218 valence electrons. The second-order valence-electron chi connectivity index (χ2n) is 10.7. The van der Waals surface area contributed by atoms with Crippen LogP contribution in [0, 0.1) is 17.0 Å². The number of rotatable bonds is 11. The Morgan fingerprint density at radius 1 is 0.976 bits per heavy atom. The molecule has 0 aliphatic heterocycles. The van der Waals surface area contributed by atoms with Crippen molar-refractivity contribution in [2.75, 3.05) is 10.8 Å². The Morgan fingerprint density at radius 3 is 2.20 bits per heavy atom. The van der Waals surface area contributed by atoms with Crippen molar-refractivity contribution >= 4 is 33.2 Å². The third-order valence-electron chi connectivity index (χ3n) is 6.42. The summed E-state index contributed by atoms with van der Waals surface area (Å²) in [6.45, 7) is 8.57. The number of sulfonamides is 1. The van der Waals surface area contributed by atoms with E-state index in [0.29, 0.717) is 0 Å². The normalized spacial score (nSPS) is 12.3. The van der Waals surface area contributed by atoms with Crippen molar-refractivity contribution in [3.63, 3.8) is 0 Å². The van der Waals surface area contributed by atoms with Gasteiger partial charge in [0.1, 0.15) is 12.6 Å². The molecule has 1 atom stereocenters. The van der Waals surface area contributed by atoms with E-state index >= 15 is 0 Å². The van der Waals surface area contributed by atoms with E-state index < -0.39 is 39.0 Å². The number of aryl methyl sites for hydroxylation is 1. The van der Waals surface area contributed by atoms with Gasteiger partial charge in [-0.3, -0.25) is 24.0 Å². The number of nitro benzene ring substituents is 1. The molecule has 41 heavy (non-hydrogen) atoms. The zero-order chi connectivity index (χ0) is 30.4. The molecule has 0 aromatic heterocycles. The van der Waals surface area contributed by atoms with Crippen LogP contribution in [-0.2, 0) is 26.2 Å². The van der Waals surface area contributed by atoms with Crippen LogP contribution in [0.25, 0.3) is 0 Å². The van der Waals surface area contributed by atoms with Gasteiger partial charge in [0.05, 0.1) is 15.5 Å². The molecule has 3 aromatic carbocycles. The molecule has 0 aliphatic carbocycles. The van der Waals surface area contributed by atoms with E-state index in [1.807, 2.05) is 52.0 Å². The number of nitrogens with zero attached hydrogens (tertiary/aromatic N) is 3. The van der Waals surface area contributed by atoms with Crippen LogP contribution in [0.1, 0.15) is 45.2 Å². The number of amides is 2. The van der Waals surface area contributed by atoms with Crippen LogP contribution in [0.4, 0.5) is 11.4 Å². The average molecular weight is 581 g/mol. The maximum Gasteiger partial charge on any atom is 0.271 e. The van der Waals surface area contributed by atoms with Crippen molar-refractivity contribution in [3.8, 4) is 0 Å². The predicted molar refractivity (Wildman–Crippen MR) is 158 cm³/mol. The van der Waals surface area contributed by atoms with Crippen LogP contribution in [0.15, 0.2) is 83.8 Å². The molecule has 1 N–H and O–H groups in total. The highest BCUT2D eigenvalue weighted by atomic mass is 32.2. The van der Waals surface area contributed by atoms with Gasteiger partial charge in [-0.25, -0.2) is 8.42 Å². The molecule has 0 spiro atoms. The van der Waals surface area contributed by atoms with E-state index in [0.717, 1.165) is 21.5 Å². The SMILES string of the molecule is CC[C@@H](C(=O)NC(C)(C)C)N(Cc1ccccc1C)C(=O)CN(c1cccc([N+](=O)[O-])c1)S(=O)(=O)c1ccccc1. The monoisotopic (exact) mass is 580 g/mol. The molecule has 0 saturated heterocycles. The van der Waals surface area contributed by atoms with E-state index in [1.54, 1.807) is 25.1 Å². The second kappa shape index (κ2) is 12.9. The van der Waals surface area contributed by atoms with Crippen LogP contribution in [0.2, 0.25) is 0 Å². The summed E-state index contributed by atoms with van der Waals surface area (Å²) in [4.78, 5) is 39.7. The summed E-state index contributed by atoms with van der Waals surface area (Å²) < 4.78 is 28.6. The molecule has 11 heteroatoms. The number of benzene rings is 3. The highest BCUT2D eigenvalue weighted by Gasteiger charge is 2.35. The second-order valence-corrected chi connectivity index (χ2v) is 12.6. The average Bonchev–Trinajstić information content (AvgIpc) is 2.92. The largest absolute Gasteiger partial charge is 0.350 e. The summed E-state index contributed by atoms with van der Waals surface area (Å²) in [6.07, 6.45) is 0.280. The first-order valence-corrected chi connectivity index (χ1v) is 14.7. The topological polar surface area (TPSA) is 130 Å². The van der Waals surface area contributed by atoms with Crippen molar-refractivity contribution in [2.24, 2.45) is 0 Å². The summed E-state index contributed by atoms with van der Waals surface area (Å²) in [5.74, 6) is -0.995. The first-order chi connectivity index (χ1) is 19.2. The molecule has 0 unspecified atom stereocenters. The Morgan fingerprint density at radius 2 is 1.61 bits per heavy atom. The third-order valence-corrected chi connectivity index (χ3v) is 8.21. The Hall–Kier alpha value is -4.25. The van der Waals surface area contributed by atoms with E-state index in [2.05, 4.69) is 5.32 Å². The quantitative estimate of drug-likeness (QED) is 0.256. The van der Waals surface area contributed by atoms with Crippen LogP contribution in [0.5, 0.6) is 0 Å². The standard InChI is InChI=1S/C30H36N4O6S/c1-6-27(29(36)31-30(3,4)5)32(20-23-14-11-10-13-22(23)2)28(35)21-33(24-15-12-16-25(19-24)34(37)38)41(39,40)26-17-8-7-9-18-26/h7-19,27H,6,20-21H2,1-5H3,(H,31,36)/t27-/m0/s1. The van der Waals surface area contributed by atoms with Gasteiger partial charge in [-0.05, 0) is 63.4 Å². The molecule has 2 amide bonds. The van der Waals surface area contributed by atoms with E-state index in [-0.39, 0.29) is 35.1 Å². The van der Waals surface area contributed by atoms with Crippen molar-refractivity contribution in [2.45, 2.75) is 64.1 Å². The lowest BCUT2D eigenvalue weighted by Crippen LogP contribution is -2.55. The smallest absolute Gasteiger partial charge is 0.271 e. The molecule has 10 nitrogen and oxygen atoms in total. The number of nitrogens with one attached hydrogen (secondary N) is 1. The van der Waals surface area contributed by atoms with E-state index in [9.17, 15) is 28.1 Å². The van der Waals surface area contributed by atoms with Crippen LogP contribution < -0.4 is 9.62 Å². The van der Waals surface area contributed by atoms with Gasteiger partial charge in [-0.2, -0.15) is 0 Å². The van der Waals surface area contributed by atoms with Gasteiger partial charge in [-0.1, -0.05) is 55.5 Å². The van der Waals surface area contributed by atoms with Gasteiger partial charge in [0.15, 0.2) is 0 Å². The minimum atomic E-state index is -4.32. The summed E-state index contributed by atoms with van der Waals surface area (Å²) in [5.41, 5.74) is 0.781. The molecule has 3 aromatic rings. The molecule has 3 rings (SSSR count). The number of nitro groups is 1. The summed E-state index contributed by atoms with van der Waals surface area (Å²) >= 11 is 0. The number of carbonyl (C=O) groups excluding carboxylic acids is 2. The van der Waals surface area contributed by atoms with E-state index in [1.165, 1.54) is 35.2 Å². The number of non-ortho nitro benzene ring substituents is 1. The van der Waals surface area contributed by atoms with Crippen molar-refractivity contribution < 1.29 is 22.9 Å². The van der Waals surface area contributed by atoms with Gasteiger partial charge in [0.2, 0.25) is 11.8 Å². The number of anilines is 1. The summed E-state index contributed by atoms with van der Waals surface area (Å²) in [5, 5.41) is 14.4. The molecule has 0 aliphatic rings. The van der Waals surface area contributed by atoms with Gasteiger partial charge in [-0.15, -0.1) is 0 Å². The molecule has 0 saturated carbocycles. The fourth-order valence-electron chi connectivity index (χ4n) is 4.35. The maximum atomic E-state index is 14.1. The maximum absolute atomic E-state index is 14.1. The van der Waals surface area contributed by atoms with Crippen molar-refractivity contribution in [1.29, 1.82) is 0 Å². The lowest BCUT2D eigenvalue weighted by molar-refractivity contribution is -0.384. The van der Waals surface area contributed by atoms with Crippen LogP contribution in [0.3, 0.4) is 0 Å². The fourth-order valence-corrected chi connectivity index (χ4v) is 5.78. The first-order valence-electron chi connectivity index (χ1n) is 13.2. The van der Waals surface area contributed by atoms with Gasteiger partial charge < -0.3 is 10.2 Å². The fraction of sp³-hybridized carbons (Fsp3) is 0.333. The molecule has 0 heterocycles. The number of carbonyl (C=O) groups is 2. The first kappa shape index (κ1) is 31.3. The van der Waals surface area contributed by atoms with Crippen LogP contribution >= 0.6 is 0 Å². The summed E-state index contributed by atoms with van der Waals surface area (Å²) in [7, 11) is -4.32. The van der Waals surface area contributed by atoms with Crippen molar-refractivity contribution in [1.82, 2.24) is 10.2 Å². The lowest BCUT2D eigenvalue weighted by Gasteiger charge is -2.35. The molecular weight excluding hydrogens is 544 g/mol. The number of hydrogen-bond donors (Lipinski definition) is 1. The molecule has 0 radical (unpaired) electrons. The van der Waals surface area contributed by atoms with Gasteiger partial charge in [0, 0.05) is 24.2 Å². The minimum Gasteiger partial charge on any atom is -0.350 e. The van der Waals surface area contributed by atoms with Gasteiger partial charge in [0.25, 0.3) is 15.7 Å². The highest BCUT2D eigenvalue weighted by molar-refractivity contribution is 7.92. The highest BCUT2D eigenvalue weighted by Crippen LogP contribution is 2.28. The lowest BCUT2D eigenvalue weighted by atomic mass is 10.0. The van der Waals surface area contributed by atoms with Crippen molar-refractivity contribution in [3.05, 3.63) is 100 Å². The molecular formula is C30H36N4O6S. The Kier molecular flexibility index (Phi) is 9.88. The predicted octanol–water partition coefficient (Wildman–Crippen LogP) is 4.82. The third kappa shape index (κ3) is 7.91. The zero-order valence-corrected chi connectivity index (χ0v) is 24.7.